The molecule has 0 saturated heterocycles. The van der Waals surface area contributed by atoms with Crippen molar-refractivity contribution in [1.29, 1.82) is 0 Å². The Kier molecular flexibility index (Phi) is 3.19. The SMILES string of the molecule is O=C1Nc2cccc3cccc(c23)C1(c1ccccc1)c1ccccc1. The molecular formula is C24H17NO. The lowest BCUT2D eigenvalue weighted by Crippen LogP contribution is -2.45. The maximum absolute atomic E-state index is 13.6. The van der Waals surface area contributed by atoms with Crippen molar-refractivity contribution in [3.05, 3.63) is 114 Å². The van der Waals surface area contributed by atoms with Crippen LogP contribution in [0.15, 0.2) is 97.1 Å². The third-order valence-corrected chi connectivity index (χ3v) is 5.31. The number of rotatable bonds is 2. The van der Waals surface area contributed by atoms with Crippen LogP contribution < -0.4 is 5.32 Å². The van der Waals surface area contributed by atoms with E-state index < -0.39 is 5.41 Å². The first-order chi connectivity index (χ1) is 12.8. The zero-order valence-electron chi connectivity index (χ0n) is 14.1. The van der Waals surface area contributed by atoms with Gasteiger partial charge < -0.3 is 5.32 Å². The first-order valence-electron chi connectivity index (χ1n) is 8.76. The van der Waals surface area contributed by atoms with Crippen LogP contribution in [0.25, 0.3) is 10.8 Å². The van der Waals surface area contributed by atoms with E-state index in [0.29, 0.717) is 0 Å². The van der Waals surface area contributed by atoms with E-state index in [2.05, 4.69) is 23.5 Å². The fourth-order valence-electron chi connectivity index (χ4n) is 4.21. The second-order valence-electron chi connectivity index (χ2n) is 6.65. The number of carbonyl (C=O) groups excluding carboxylic acids is 1. The van der Waals surface area contributed by atoms with Crippen molar-refractivity contribution in [1.82, 2.24) is 0 Å². The molecule has 2 heteroatoms. The van der Waals surface area contributed by atoms with E-state index in [4.69, 9.17) is 0 Å². The molecule has 1 N–H and O–H groups in total. The van der Waals surface area contributed by atoms with Gasteiger partial charge in [0, 0.05) is 11.1 Å². The van der Waals surface area contributed by atoms with E-state index in [-0.39, 0.29) is 5.91 Å². The van der Waals surface area contributed by atoms with E-state index in [0.717, 1.165) is 33.2 Å². The van der Waals surface area contributed by atoms with Crippen molar-refractivity contribution in [3.8, 4) is 0 Å². The predicted molar refractivity (Wildman–Crippen MR) is 105 cm³/mol. The van der Waals surface area contributed by atoms with Crippen LogP contribution in [-0.4, -0.2) is 5.91 Å². The minimum atomic E-state index is -0.865. The highest BCUT2D eigenvalue weighted by Crippen LogP contribution is 2.47. The average Bonchev–Trinajstić information content (AvgIpc) is 2.70. The summed E-state index contributed by atoms with van der Waals surface area (Å²) in [4.78, 5) is 13.6. The Morgan fingerprint density at radius 2 is 1.19 bits per heavy atom. The summed E-state index contributed by atoms with van der Waals surface area (Å²) < 4.78 is 0. The monoisotopic (exact) mass is 335 g/mol. The Morgan fingerprint density at radius 3 is 1.81 bits per heavy atom. The summed E-state index contributed by atoms with van der Waals surface area (Å²) in [5.74, 6) is -0.0129. The van der Waals surface area contributed by atoms with Crippen molar-refractivity contribution in [2.24, 2.45) is 0 Å². The number of hydrogen-bond acceptors (Lipinski definition) is 1. The lowest BCUT2D eigenvalue weighted by Gasteiger charge is -2.38. The highest BCUT2D eigenvalue weighted by molar-refractivity contribution is 6.16. The summed E-state index contributed by atoms with van der Waals surface area (Å²) in [5, 5.41) is 5.42. The molecule has 0 bridgehead atoms. The molecule has 0 spiro atoms. The largest absolute Gasteiger partial charge is 0.324 e. The van der Waals surface area contributed by atoms with Crippen LogP contribution in [0.4, 0.5) is 5.69 Å². The van der Waals surface area contributed by atoms with Crippen molar-refractivity contribution in [2.75, 3.05) is 5.32 Å². The second kappa shape index (κ2) is 5.57. The maximum atomic E-state index is 13.6. The molecule has 0 radical (unpaired) electrons. The lowest BCUT2D eigenvalue weighted by atomic mass is 9.66. The van der Waals surface area contributed by atoms with E-state index in [1.54, 1.807) is 0 Å². The Bertz CT molecular complexity index is 1070. The van der Waals surface area contributed by atoms with Crippen LogP contribution in [0.2, 0.25) is 0 Å². The highest BCUT2D eigenvalue weighted by atomic mass is 16.2. The van der Waals surface area contributed by atoms with Gasteiger partial charge >= 0.3 is 0 Å². The minimum absolute atomic E-state index is 0.0129. The molecule has 5 rings (SSSR count). The van der Waals surface area contributed by atoms with Crippen molar-refractivity contribution < 1.29 is 4.79 Å². The molecule has 0 atom stereocenters. The Morgan fingerprint density at radius 1 is 0.615 bits per heavy atom. The number of anilines is 1. The third kappa shape index (κ3) is 1.90. The summed E-state index contributed by atoms with van der Waals surface area (Å²) in [7, 11) is 0. The Balaban J connectivity index is 1.97. The first kappa shape index (κ1) is 14.9. The van der Waals surface area contributed by atoms with Crippen molar-refractivity contribution in [3.63, 3.8) is 0 Å². The van der Waals surface area contributed by atoms with E-state index in [9.17, 15) is 4.79 Å². The minimum Gasteiger partial charge on any atom is -0.324 e. The van der Waals surface area contributed by atoms with Crippen LogP contribution >= 0.6 is 0 Å². The smallest absolute Gasteiger partial charge is 0.244 e. The maximum Gasteiger partial charge on any atom is 0.244 e. The van der Waals surface area contributed by atoms with Crippen LogP contribution in [0, 0.1) is 0 Å². The van der Waals surface area contributed by atoms with Crippen molar-refractivity contribution >= 4 is 22.4 Å². The fourth-order valence-corrected chi connectivity index (χ4v) is 4.21. The van der Waals surface area contributed by atoms with Gasteiger partial charge in [-0.1, -0.05) is 91.0 Å². The highest BCUT2D eigenvalue weighted by Gasteiger charge is 2.47. The van der Waals surface area contributed by atoms with Gasteiger partial charge in [-0.2, -0.15) is 0 Å². The summed E-state index contributed by atoms with van der Waals surface area (Å²) >= 11 is 0. The van der Waals surface area contributed by atoms with Crippen LogP contribution in [0.3, 0.4) is 0 Å². The van der Waals surface area contributed by atoms with Crippen LogP contribution in [-0.2, 0) is 10.2 Å². The van der Waals surface area contributed by atoms with Gasteiger partial charge in [-0.3, -0.25) is 4.79 Å². The molecule has 26 heavy (non-hydrogen) atoms. The molecule has 0 aromatic heterocycles. The molecule has 1 aliphatic heterocycles. The second-order valence-corrected chi connectivity index (χ2v) is 6.65. The van der Waals surface area contributed by atoms with E-state index in [1.165, 1.54) is 0 Å². The van der Waals surface area contributed by atoms with Crippen LogP contribution in [0.1, 0.15) is 16.7 Å². The third-order valence-electron chi connectivity index (χ3n) is 5.31. The lowest BCUT2D eigenvalue weighted by molar-refractivity contribution is -0.119. The number of benzene rings is 4. The number of nitrogens with one attached hydrogen (secondary N) is 1. The van der Waals surface area contributed by atoms with Gasteiger partial charge in [0.25, 0.3) is 0 Å². The summed E-state index contributed by atoms with van der Waals surface area (Å²) in [6.07, 6.45) is 0. The number of carbonyl (C=O) groups is 1. The standard InChI is InChI=1S/C24H17NO/c26-23-24(18-11-3-1-4-12-18,19-13-5-2-6-14-19)20-15-7-9-17-10-8-16-21(25-23)22(17)20/h1-16H,(H,25,26). The van der Waals surface area contributed by atoms with Gasteiger partial charge in [0.05, 0.1) is 0 Å². The zero-order chi connectivity index (χ0) is 17.6. The topological polar surface area (TPSA) is 29.1 Å². The van der Waals surface area contributed by atoms with Gasteiger partial charge in [-0.25, -0.2) is 0 Å². The Hall–Kier alpha value is -3.39. The van der Waals surface area contributed by atoms with Gasteiger partial charge in [-0.15, -0.1) is 0 Å². The Labute approximate surface area is 152 Å². The molecule has 4 aromatic rings. The molecule has 124 valence electrons. The molecule has 0 unspecified atom stereocenters. The van der Waals surface area contributed by atoms with Gasteiger partial charge in [0.2, 0.25) is 5.91 Å². The van der Waals surface area contributed by atoms with E-state index >= 15 is 0 Å². The molecule has 0 aliphatic carbocycles. The van der Waals surface area contributed by atoms with E-state index in [1.807, 2.05) is 78.9 Å². The molecule has 0 fully saturated rings. The fraction of sp³-hybridized carbons (Fsp3) is 0.0417. The van der Waals surface area contributed by atoms with Crippen molar-refractivity contribution in [2.45, 2.75) is 5.41 Å². The molecule has 0 saturated carbocycles. The normalized spacial score (nSPS) is 14.8. The number of hydrogen-bond donors (Lipinski definition) is 1. The first-order valence-corrected chi connectivity index (χ1v) is 8.76. The van der Waals surface area contributed by atoms with Gasteiger partial charge in [0.15, 0.2) is 0 Å². The van der Waals surface area contributed by atoms with Gasteiger partial charge in [-0.05, 0) is 28.1 Å². The summed E-state index contributed by atoms with van der Waals surface area (Å²) in [6.45, 7) is 0. The van der Waals surface area contributed by atoms with Gasteiger partial charge in [0.1, 0.15) is 5.41 Å². The summed E-state index contributed by atoms with van der Waals surface area (Å²) in [6, 6.07) is 32.4. The quantitative estimate of drug-likeness (QED) is 0.541. The zero-order valence-corrected chi connectivity index (χ0v) is 14.1. The molecule has 1 heterocycles. The molecule has 1 aliphatic rings. The number of amides is 1. The van der Waals surface area contributed by atoms with Crippen LogP contribution in [0.5, 0.6) is 0 Å². The molecule has 2 nitrogen and oxygen atoms in total. The predicted octanol–water partition coefficient (Wildman–Crippen LogP) is 5.13. The molecule has 4 aromatic carbocycles. The average molecular weight is 335 g/mol. The summed E-state index contributed by atoms with van der Waals surface area (Å²) in [5.41, 5.74) is 3.00. The molecular weight excluding hydrogens is 318 g/mol. The molecule has 1 amide bonds.